The van der Waals surface area contributed by atoms with Crippen molar-refractivity contribution < 1.29 is 14.6 Å². The fraction of sp³-hybridized carbons (Fsp3) is 0.750. The molecule has 1 rings (SSSR count). The van der Waals surface area contributed by atoms with Crippen molar-refractivity contribution >= 4 is 5.97 Å². The molecule has 0 aromatic heterocycles. The fourth-order valence-corrected chi connectivity index (χ4v) is 1.92. The third-order valence-electron chi connectivity index (χ3n) is 3.27. The molecule has 0 aliphatic carbocycles. The van der Waals surface area contributed by atoms with Crippen LogP contribution in [0.2, 0.25) is 0 Å². The smallest absolute Gasteiger partial charge is 0.330 e. The third kappa shape index (κ3) is 3.61. The van der Waals surface area contributed by atoms with E-state index >= 15 is 0 Å². The molecular weight excluding hydrogens is 206 g/mol. The maximum Gasteiger partial charge on any atom is 0.330 e. The van der Waals surface area contributed by atoms with Gasteiger partial charge in [0.1, 0.15) is 0 Å². The number of methoxy groups -OCH3 is 1. The Morgan fingerprint density at radius 2 is 2.31 bits per heavy atom. The minimum atomic E-state index is -0.839. The third-order valence-corrected chi connectivity index (χ3v) is 3.27. The SMILES string of the molecule is COC1CN(C/C=C(/C)C(=O)O)CCC1C. The van der Waals surface area contributed by atoms with Gasteiger partial charge in [-0.1, -0.05) is 13.0 Å². The molecule has 1 heterocycles. The highest BCUT2D eigenvalue weighted by Crippen LogP contribution is 2.19. The second-order valence-electron chi connectivity index (χ2n) is 4.49. The Labute approximate surface area is 96.9 Å². The van der Waals surface area contributed by atoms with Crippen molar-refractivity contribution in [2.75, 3.05) is 26.7 Å². The Kier molecular flexibility index (Phi) is 4.96. The highest BCUT2D eigenvalue weighted by molar-refractivity contribution is 5.85. The van der Waals surface area contributed by atoms with Crippen molar-refractivity contribution in [3.8, 4) is 0 Å². The van der Waals surface area contributed by atoms with Crippen LogP contribution in [0.15, 0.2) is 11.6 Å². The van der Waals surface area contributed by atoms with E-state index in [9.17, 15) is 4.79 Å². The van der Waals surface area contributed by atoms with Crippen LogP contribution < -0.4 is 0 Å². The summed E-state index contributed by atoms with van der Waals surface area (Å²) in [6.07, 6.45) is 3.15. The van der Waals surface area contributed by atoms with Crippen LogP contribution in [0.25, 0.3) is 0 Å². The lowest BCUT2D eigenvalue weighted by molar-refractivity contribution is -0.132. The Balaban J connectivity index is 2.45. The number of rotatable bonds is 4. The Morgan fingerprint density at radius 3 is 2.88 bits per heavy atom. The molecule has 0 radical (unpaired) electrons. The van der Waals surface area contributed by atoms with E-state index in [0.29, 0.717) is 18.0 Å². The van der Waals surface area contributed by atoms with E-state index in [1.165, 1.54) is 0 Å². The fourth-order valence-electron chi connectivity index (χ4n) is 1.92. The summed E-state index contributed by atoms with van der Waals surface area (Å²) in [5.74, 6) is -0.250. The largest absolute Gasteiger partial charge is 0.478 e. The first-order chi connectivity index (χ1) is 7.54. The highest BCUT2D eigenvalue weighted by atomic mass is 16.5. The number of aliphatic carboxylic acids is 1. The zero-order valence-corrected chi connectivity index (χ0v) is 10.3. The van der Waals surface area contributed by atoms with Crippen molar-refractivity contribution in [1.82, 2.24) is 4.90 Å². The van der Waals surface area contributed by atoms with E-state index in [2.05, 4.69) is 11.8 Å². The Morgan fingerprint density at radius 1 is 1.62 bits per heavy atom. The second kappa shape index (κ2) is 6.01. The van der Waals surface area contributed by atoms with Gasteiger partial charge in [0.2, 0.25) is 0 Å². The average Bonchev–Trinajstić information content (AvgIpc) is 2.27. The number of likely N-dealkylation sites (tertiary alicyclic amines) is 1. The van der Waals surface area contributed by atoms with Crippen LogP contribution in [0.3, 0.4) is 0 Å². The van der Waals surface area contributed by atoms with Crippen LogP contribution in [0.5, 0.6) is 0 Å². The maximum atomic E-state index is 10.6. The Hall–Kier alpha value is -0.870. The van der Waals surface area contributed by atoms with Crippen LogP contribution in [0.1, 0.15) is 20.3 Å². The van der Waals surface area contributed by atoms with Gasteiger partial charge in [-0.05, 0) is 25.8 Å². The molecule has 1 aliphatic rings. The minimum Gasteiger partial charge on any atom is -0.478 e. The van der Waals surface area contributed by atoms with Crippen molar-refractivity contribution in [3.05, 3.63) is 11.6 Å². The molecule has 0 amide bonds. The van der Waals surface area contributed by atoms with E-state index < -0.39 is 5.97 Å². The molecule has 2 unspecified atom stereocenters. The van der Waals surface area contributed by atoms with Gasteiger partial charge in [0.15, 0.2) is 0 Å². The molecule has 1 N–H and O–H groups in total. The van der Waals surface area contributed by atoms with Crippen molar-refractivity contribution in [1.29, 1.82) is 0 Å². The summed E-state index contributed by atoms with van der Waals surface area (Å²) < 4.78 is 5.41. The van der Waals surface area contributed by atoms with Gasteiger partial charge in [0.05, 0.1) is 6.10 Å². The quantitative estimate of drug-likeness (QED) is 0.737. The van der Waals surface area contributed by atoms with Crippen LogP contribution in [0.4, 0.5) is 0 Å². The van der Waals surface area contributed by atoms with Crippen molar-refractivity contribution in [2.24, 2.45) is 5.92 Å². The summed E-state index contributed by atoms with van der Waals surface area (Å²) in [6.45, 7) is 6.43. The topological polar surface area (TPSA) is 49.8 Å². The summed E-state index contributed by atoms with van der Waals surface area (Å²) in [5, 5.41) is 8.74. The Bertz CT molecular complexity index is 275. The number of carbonyl (C=O) groups is 1. The summed E-state index contributed by atoms with van der Waals surface area (Å²) in [6, 6.07) is 0. The number of nitrogens with zero attached hydrogens (tertiary/aromatic N) is 1. The summed E-state index contributed by atoms with van der Waals surface area (Å²) in [5.41, 5.74) is 0.410. The predicted molar refractivity (Wildman–Crippen MR) is 62.4 cm³/mol. The zero-order chi connectivity index (χ0) is 12.1. The van der Waals surface area contributed by atoms with Gasteiger partial charge in [-0.2, -0.15) is 0 Å². The van der Waals surface area contributed by atoms with Gasteiger partial charge < -0.3 is 9.84 Å². The maximum absolute atomic E-state index is 10.6. The van der Waals surface area contributed by atoms with Gasteiger partial charge in [-0.15, -0.1) is 0 Å². The molecule has 0 spiro atoms. The van der Waals surface area contributed by atoms with E-state index in [0.717, 1.165) is 19.5 Å². The van der Waals surface area contributed by atoms with Gasteiger partial charge in [-0.3, -0.25) is 4.90 Å². The summed E-state index contributed by atoms with van der Waals surface area (Å²) >= 11 is 0. The lowest BCUT2D eigenvalue weighted by Gasteiger charge is -2.35. The molecule has 4 heteroatoms. The van der Waals surface area contributed by atoms with Crippen LogP contribution in [-0.2, 0) is 9.53 Å². The standard InChI is InChI=1S/C12H21NO3/c1-9-4-6-13(8-11(9)16-3)7-5-10(2)12(14)15/h5,9,11H,4,6-8H2,1-3H3,(H,14,15)/b10-5-. The number of hydrogen-bond donors (Lipinski definition) is 1. The van der Waals surface area contributed by atoms with E-state index in [1.54, 1.807) is 20.1 Å². The van der Waals surface area contributed by atoms with Gasteiger partial charge >= 0.3 is 5.97 Å². The molecule has 1 aliphatic heterocycles. The normalized spacial score (nSPS) is 28.1. The second-order valence-corrected chi connectivity index (χ2v) is 4.49. The lowest BCUT2D eigenvalue weighted by Crippen LogP contribution is -2.43. The molecule has 4 nitrogen and oxygen atoms in total. The van der Waals surface area contributed by atoms with E-state index in [-0.39, 0.29) is 6.10 Å². The summed E-state index contributed by atoms with van der Waals surface area (Å²) in [4.78, 5) is 12.9. The van der Waals surface area contributed by atoms with E-state index in [4.69, 9.17) is 9.84 Å². The molecule has 0 aromatic carbocycles. The summed E-state index contributed by atoms with van der Waals surface area (Å²) in [7, 11) is 1.74. The van der Waals surface area contributed by atoms with Gasteiger partial charge in [0, 0.05) is 25.8 Å². The molecule has 1 fully saturated rings. The first-order valence-corrected chi connectivity index (χ1v) is 5.69. The molecule has 0 bridgehead atoms. The molecular formula is C12H21NO3. The van der Waals surface area contributed by atoms with Crippen molar-refractivity contribution in [3.63, 3.8) is 0 Å². The van der Waals surface area contributed by atoms with Gasteiger partial charge in [-0.25, -0.2) is 4.79 Å². The zero-order valence-electron chi connectivity index (χ0n) is 10.3. The molecule has 92 valence electrons. The van der Waals surface area contributed by atoms with Crippen LogP contribution in [-0.4, -0.2) is 48.8 Å². The van der Waals surface area contributed by atoms with Crippen LogP contribution >= 0.6 is 0 Å². The number of ether oxygens (including phenoxy) is 1. The molecule has 0 aromatic rings. The van der Waals surface area contributed by atoms with Gasteiger partial charge in [0.25, 0.3) is 0 Å². The predicted octanol–water partition coefficient (Wildman–Crippen LogP) is 1.37. The first-order valence-electron chi connectivity index (χ1n) is 5.69. The molecule has 0 saturated carbocycles. The van der Waals surface area contributed by atoms with E-state index in [1.807, 2.05) is 0 Å². The number of carboxylic acids is 1. The number of hydrogen-bond acceptors (Lipinski definition) is 3. The number of carboxylic acid groups (broad SMARTS) is 1. The molecule has 1 saturated heterocycles. The number of piperidine rings is 1. The van der Waals surface area contributed by atoms with Crippen LogP contribution in [0, 0.1) is 5.92 Å². The molecule has 16 heavy (non-hydrogen) atoms. The van der Waals surface area contributed by atoms with Crippen molar-refractivity contribution in [2.45, 2.75) is 26.4 Å². The molecule has 2 atom stereocenters. The monoisotopic (exact) mass is 227 g/mol. The first kappa shape index (κ1) is 13.2. The lowest BCUT2D eigenvalue weighted by atomic mass is 9.96. The minimum absolute atomic E-state index is 0.271. The highest BCUT2D eigenvalue weighted by Gasteiger charge is 2.25. The average molecular weight is 227 g/mol.